The van der Waals surface area contributed by atoms with Gasteiger partial charge < -0.3 is 19.5 Å². The molecule has 3 rings (SSSR count). The van der Waals surface area contributed by atoms with E-state index >= 15 is 0 Å². The van der Waals surface area contributed by atoms with Crippen molar-refractivity contribution in [3.05, 3.63) is 59.8 Å². The monoisotopic (exact) mass is 408 g/mol. The van der Waals surface area contributed by atoms with Crippen molar-refractivity contribution in [2.75, 3.05) is 25.1 Å². The molecule has 3 aromatic rings. The highest BCUT2D eigenvalue weighted by molar-refractivity contribution is 6.08. The molecule has 0 aliphatic carbocycles. The first-order valence-electron chi connectivity index (χ1n) is 9.84. The van der Waals surface area contributed by atoms with Crippen molar-refractivity contribution in [2.24, 2.45) is 0 Å². The molecular formula is C23H24N2O5. The summed E-state index contributed by atoms with van der Waals surface area (Å²) < 4.78 is 16.0. The quantitative estimate of drug-likeness (QED) is 0.539. The molecule has 0 aliphatic heterocycles. The molecule has 1 aromatic heterocycles. The third-order valence-electron chi connectivity index (χ3n) is 4.32. The van der Waals surface area contributed by atoms with Gasteiger partial charge in [-0.3, -0.25) is 4.98 Å². The minimum absolute atomic E-state index is 0.231. The Hall–Kier alpha value is -3.61. The molecule has 0 bridgehead atoms. The Morgan fingerprint density at radius 2 is 1.67 bits per heavy atom. The maximum absolute atomic E-state index is 12.6. The highest BCUT2D eigenvalue weighted by Crippen LogP contribution is 2.34. The Bertz CT molecular complexity index is 1060. The van der Waals surface area contributed by atoms with Gasteiger partial charge in [0.05, 0.1) is 42.3 Å². The lowest BCUT2D eigenvalue weighted by molar-refractivity contribution is 0.0518. The molecule has 0 atom stereocenters. The lowest BCUT2D eigenvalue weighted by Crippen LogP contribution is -2.10. The number of para-hydroxylation sites is 2. The highest BCUT2D eigenvalue weighted by atomic mass is 16.5. The van der Waals surface area contributed by atoms with E-state index in [0.29, 0.717) is 40.2 Å². The summed E-state index contributed by atoms with van der Waals surface area (Å²) in [4.78, 5) is 29.2. The van der Waals surface area contributed by atoms with Crippen molar-refractivity contribution >= 4 is 34.2 Å². The van der Waals surface area contributed by atoms with Crippen LogP contribution in [0.1, 0.15) is 41.5 Å². The number of nitrogens with one attached hydrogen (secondary N) is 1. The fourth-order valence-electron chi connectivity index (χ4n) is 3.02. The fourth-order valence-corrected chi connectivity index (χ4v) is 3.02. The van der Waals surface area contributed by atoms with Crippen LogP contribution in [0.4, 0.5) is 11.4 Å². The second-order valence-corrected chi connectivity index (χ2v) is 6.27. The van der Waals surface area contributed by atoms with Crippen LogP contribution in [0.15, 0.2) is 48.7 Å². The van der Waals surface area contributed by atoms with Crippen LogP contribution in [-0.2, 0) is 9.47 Å². The van der Waals surface area contributed by atoms with Gasteiger partial charge in [0, 0.05) is 11.6 Å². The zero-order chi connectivity index (χ0) is 21.5. The van der Waals surface area contributed by atoms with E-state index in [-0.39, 0.29) is 18.8 Å². The maximum Gasteiger partial charge on any atom is 0.341 e. The van der Waals surface area contributed by atoms with E-state index in [2.05, 4.69) is 10.3 Å². The van der Waals surface area contributed by atoms with Gasteiger partial charge in [-0.1, -0.05) is 12.1 Å². The van der Waals surface area contributed by atoms with E-state index in [1.807, 2.05) is 31.2 Å². The number of hydrogen-bond donors (Lipinski definition) is 1. The predicted octanol–water partition coefficient (Wildman–Crippen LogP) is 4.73. The molecule has 7 nitrogen and oxygen atoms in total. The van der Waals surface area contributed by atoms with Crippen LogP contribution in [0, 0.1) is 0 Å². The maximum atomic E-state index is 12.6. The smallest absolute Gasteiger partial charge is 0.341 e. The summed E-state index contributed by atoms with van der Waals surface area (Å²) in [5.41, 5.74) is 2.41. The standard InChI is InChI=1S/C23H24N2O5/c1-4-28-20-10-8-7-9-19(20)25-21-16-13-15(22(26)29-5-2)11-12-18(16)24-14-17(21)23(27)30-6-3/h7-14H,4-6H2,1-3H3,(H,24,25). The molecule has 156 valence electrons. The third-order valence-corrected chi connectivity index (χ3v) is 4.32. The number of hydrogen-bond acceptors (Lipinski definition) is 7. The minimum Gasteiger partial charge on any atom is -0.492 e. The first-order chi connectivity index (χ1) is 14.6. The van der Waals surface area contributed by atoms with Crippen LogP contribution in [0.2, 0.25) is 0 Å². The molecule has 30 heavy (non-hydrogen) atoms. The number of carbonyl (C=O) groups is 2. The van der Waals surface area contributed by atoms with Crippen LogP contribution in [0.5, 0.6) is 5.75 Å². The molecule has 1 N–H and O–H groups in total. The first-order valence-corrected chi connectivity index (χ1v) is 9.84. The Kier molecular flexibility index (Phi) is 6.85. The lowest BCUT2D eigenvalue weighted by atomic mass is 10.1. The van der Waals surface area contributed by atoms with E-state index in [1.54, 1.807) is 32.0 Å². The largest absolute Gasteiger partial charge is 0.492 e. The molecule has 0 unspecified atom stereocenters. The summed E-state index contributed by atoms with van der Waals surface area (Å²) in [6.45, 7) is 6.38. The molecule has 0 saturated carbocycles. The second kappa shape index (κ2) is 9.73. The van der Waals surface area contributed by atoms with Crippen molar-refractivity contribution in [3.8, 4) is 5.75 Å². The van der Waals surface area contributed by atoms with Gasteiger partial charge in [0.1, 0.15) is 11.3 Å². The van der Waals surface area contributed by atoms with E-state index in [9.17, 15) is 9.59 Å². The molecule has 2 aromatic carbocycles. The number of carbonyl (C=O) groups excluding carboxylic acids is 2. The molecule has 7 heteroatoms. The minimum atomic E-state index is -0.509. The molecule has 0 radical (unpaired) electrons. The summed E-state index contributed by atoms with van der Waals surface area (Å²) >= 11 is 0. The van der Waals surface area contributed by atoms with Crippen LogP contribution >= 0.6 is 0 Å². The van der Waals surface area contributed by atoms with Gasteiger partial charge >= 0.3 is 11.9 Å². The van der Waals surface area contributed by atoms with Gasteiger partial charge in [-0.15, -0.1) is 0 Å². The van der Waals surface area contributed by atoms with Gasteiger partial charge in [0.15, 0.2) is 0 Å². The Labute approximate surface area is 175 Å². The number of ether oxygens (including phenoxy) is 3. The lowest BCUT2D eigenvalue weighted by Gasteiger charge is -2.17. The van der Waals surface area contributed by atoms with Crippen molar-refractivity contribution < 1.29 is 23.8 Å². The topological polar surface area (TPSA) is 86.8 Å². The van der Waals surface area contributed by atoms with Gasteiger partial charge in [-0.2, -0.15) is 0 Å². The molecule has 0 spiro atoms. The molecule has 0 saturated heterocycles. The second-order valence-electron chi connectivity index (χ2n) is 6.27. The molecule has 0 aliphatic rings. The number of rotatable bonds is 8. The summed E-state index contributed by atoms with van der Waals surface area (Å²) in [6.07, 6.45) is 1.47. The number of pyridine rings is 1. The van der Waals surface area contributed by atoms with Crippen molar-refractivity contribution in [3.63, 3.8) is 0 Å². The van der Waals surface area contributed by atoms with Crippen molar-refractivity contribution in [2.45, 2.75) is 20.8 Å². The molecular weight excluding hydrogens is 384 g/mol. The van der Waals surface area contributed by atoms with Crippen LogP contribution in [0.25, 0.3) is 10.9 Å². The Balaban J connectivity index is 2.18. The van der Waals surface area contributed by atoms with Gasteiger partial charge in [0.25, 0.3) is 0 Å². The molecule has 0 fully saturated rings. The zero-order valence-electron chi connectivity index (χ0n) is 17.2. The normalized spacial score (nSPS) is 10.5. The van der Waals surface area contributed by atoms with E-state index < -0.39 is 11.9 Å². The number of esters is 2. The number of fused-ring (bicyclic) bond motifs is 1. The fraction of sp³-hybridized carbons (Fsp3) is 0.261. The average molecular weight is 408 g/mol. The number of nitrogens with zero attached hydrogens (tertiary/aromatic N) is 1. The summed E-state index contributed by atoms with van der Waals surface area (Å²) in [6, 6.07) is 12.4. The first kappa shape index (κ1) is 21.1. The molecule has 1 heterocycles. The predicted molar refractivity (Wildman–Crippen MR) is 115 cm³/mol. The highest BCUT2D eigenvalue weighted by Gasteiger charge is 2.19. The van der Waals surface area contributed by atoms with Crippen LogP contribution in [-0.4, -0.2) is 36.7 Å². The van der Waals surface area contributed by atoms with Gasteiger partial charge in [-0.05, 0) is 51.1 Å². The van der Waals surface area contributed by atoms with Crippen molar-refractivity contribution in [1.82, 2.24) is 4.98 Å². The Morgan fingerprint density at radius 1 is 0.933 bits per heavy atom. The van der Waals surface area contributed by atoms with E-state index in [0.717, 1.165) is 0 Å². The van der Waals surface area contributed by atoms with Gasteiger partial charge in [0.2, 0.25) is 0 Å². The van der Waals surface area contributed by atoms with Crippen LogP contribution in [0.3, 0.4) is 0 Å². The summed E-state index contributed by atoms with van der Waals surface area (Å²) in [5.74, 6) is -0.312. The number of aromatic nitrogens is 1. The molecule has 0 amide bonds. The van der Waals surface area contributed by atoms with Gasteiger partial charge in [-0.25, -0.2) is 9.59 Å². The van der Waals surface area contributed by atoms with Crippen molar-refractivity contribution in [1.29, 1.82) is 0 Å². The third kappa shape index (κ3) is 4.51. The SMILES string of the molecule is CCOC(=O)c1ccc2ncc(C(=O)OCC)c(Nc3ccccc3OCC)c2c1. The Morgan fingerprint density at radius 3 is 2.40 bits per heavy atom. The zero-order valence-corrected chi connectivity index (χ0v) is 17.2. The van der Waals surface area contributed by atoms with E-state index in [1.165, 1.54) is 6.20 Å². The number of anilines is 2. The summed E-state index contributed by atoms with van der Waals surface area (Å²) in [7, 11) is 0. The summed E-state index contributed by atoms with van der Waals surface area (Å²) in [5, 5.41) is 3.88. The number of benzene rings is 2. The van der Waals surface area contributed by atoms with Crippen LogP contribution < -0.4 is 10.1 Å². The average Bonchev–Trinajstić information content (AvgIpc) is 2.75. The van der Waals surface area contributed by atoms with E-state index in [4.69, 9.17) is 14.2 Å².